The topological polar surface area (TPSA) is 79.2 Å². The largest absolute Gasteiger partial charge is 0.314 e. The van der Waals surface area contributed by atoms with Crippen LogP contribution in [-0.4, -0.2) is 73.2 Å². The zero-order valence-corrected chi connectivity index (χ0v) is 20.0. The van der Waals surface area contributed by atoms with Crippen molar-refractivity contribution >= 4 is 23.2 Å². The third-order valence-corrected chi connectivity index (χ3v) is 6.16. The third kappa shape index (κ3) is 10.6. The van der Waals surface area contributed by atoms with Crippen LogP contribution < -0.4 is 4.90 Å². The Labute approximate surface area is 196 Å². The lowest BCUT2D eigenvalue weighted by Crippen LogP contribution is -2.46. The molecule has 0 bridgehead atoms. The van der Waals surface area contributed by atoms with Gasteiger partial charge in [0.05, 0.1) is 6.61 Å². The number of carbonyl (C=O) groups is 1. The van der Waals surface area contributed by atoms with Crippen molar-refractivity contribution in [1.82, 2.24) is 9.80 Å². The minimum absolute atomic E-state index is 0.0610. The van der Waals surface area contributed by atoms with Crippen LogP contribution in [0.2, 0.25) is 5.02 Å². The van der Waals surface area contributed by atoms with E-state index in [0.29, 0.717) is 5.02 Å². The number of halogens is 1. The van der Waals surface area contributed by atoms with Crippen LogP contribution in [0.4, 0.5) is 5.69 Å². The molecule has 0 N–H and O–H groups in total. The number of rotatable bonds is 15. The number of hydrogen-bond donors (Lipinski definition) is 0. The third-order valence-electron chi connectivity index (χ3n) is 5.90. The number of carbonyl (C=O) groups excluding carboxylic acids is 1. The summed E-state index contributed by atoms with van der Waals surface area (Å²) in [5.74, 6) is 0.0610. The van der Waals surface area contributed by atoms with E-state index in [0.717, 1.165) is 83.6 Å². The second kappa shape index (κ2) is 15.0. The molecule has 1 aliphatic heterocycles. The smallest absolute Gasteiger partial charge is 0.294 e. The monoisotopic (exact) mass is 468 g/mol. The summed E-state index contributed by atoms with van der Waals surface area (Å²) in [4.78, 5) is 33.3. The molecule has 0 spiro atoms. The number of hydrogen-bond acceptors (Lipinski definition) is 6. The second-order valence-corrected chi connectivity index (χ2v) is 8.80. The minimum Gasteiger partial charge on any atom is -0.314 e. The van der Waals surface area contributed by atoms with Crippen molar-refractivity contribution in [2.24, 2.45) is 0 Å². The average Bonchev–Trinajstić information content (AvgIpc) is 2.77. The van der Waals surface area contributed by atoms with Gasteiger partial charge in [-0.2, -0.15) is 0 Å². The van der Waals surface area contributed by atoms with E-state index in [2.05, 4.69) is 14.6 Å². The van der Waals surface area contributed by atoms with Crippen LogP contribution in [-0.2, 0) is 9.63 Å². The molecule has 1 aromatic rings. The Morgan fingerprint density at radius 3 is 2.06 bits per heavy atom. The maximum Gasteiger partial charge on any atom is 0.294 e. The fourth-order valence-corrected chi connectivity index (χ4v) is 4.16. The molecule has 0 radical (unpaired) electrons. The van der Waals surface area contributed by atoms with Crippen LogP contribution in [0.25, 0.3) is 0 Å². The summed E-state index contributed by atoms with van der Waals surface area (Å²) in [6.45, 7) is 9.19. The van der Waals surface area contributed by atoms with Gasteiger partial charge in [-0.15, -0.1) is 10.1 Å². The Morgan fingerprint density at radius 1 is 0.969 bits per heavy atom. The van der Waals surface area contributed by atoms with E-state index in [1.165, 1.54) is 12.8 Å². The van der Waals surface area contributed by atoms with E-state index >= 15 is 0 Å². The van der Waals surface area contributed by atoms with Gasteiger partial charge in [0.1, 0.15) is 0 Å². The first-order valence-corrected chi connectivity index (χ1v) is 12.1. The number of amides is 1. The molecule has 8 nitrogen and oxygen atoms in total. The molecule has 0 saturated carbocycles. The van der Waals surface area contributed by atoms with Gasteiger partial charge in [-0.05, 0) is 63.0 Å². The highest BCUT2D eigenvalue weighted by Crippen LogP contribution is 2.19. The summed E-state index contributed by atoms with van der Waals surface area (Å²) in [5, 5.41) is 10.0. The first-order valence-electron chi connectivity index (χ1n) is 11.7. The number of piperazine rings is 1. The fraction of sp³-hybridized carbons (Fsp3) is 0.696. The molecule has 0 atom stereocenters. The highest BCUT2D eigenvalue weighted by atomic mass is 35.5. The predicted octanol–water partition coefficient (Wildman–Crippen LogP) is 4.25. The Morgan fingerprint density at radius 2 is 1.50 bits per heavy atom. The van der Waals surface area contributed by atoms with Gasteiger partial charge >= 0.3 is 0 Å². The van der Waals surface area contributed by atoms with Crippen molar-refractivity contribution in [2.75, 3.05) is 57.3 Å². The van der Waals surface area contributed by atoms with E-state index in [4.69, 9.17) is 11.6 Å². The highest BCUT2D eigenvalue weighted by Gasteiger charge is 2.16. The second-order valence-electron chi connectivity index (χ2n) is 8.36. The van der Waals surface area contributed by atoms with Crippen molar-refractivity contribution < 1.29 is 14.7 Å². The van der Waals surface area contributed by atoms with Crippen molar-refractivity contribution in [3.05, 3.63) is 39.4 Å². The number of unbranched alkanes of at least 4 members (excludes halogenated alkanes) is 5. The molecule has 1 saturated heterocycles. The summed E-state index contributed by atoms with van der Waals surface area (Å²) in [5.41, 5.74) is 0.903. The summed E-state index contributed by atoms with van der Waals surface area (Å²) in [6.07, 6.45) is 7.26. The van der Waals surface area contributed by atoms with Gasteiger partial charge in [-0.1, -0.05) is 30.9 Å². The quantitative estimate of drug-likeness (QED) is 0.217. The van der Waals surface area contributed by atoms with Gasteiger partial charge < -0.3 is 19.5 Å². The predicted molar refractivity (Wildman–Crippen MR) is 128 cm³/mol. The molecule has 9 heteroatoms. The normalized spacial score (nSPS) is 14.9. The number of nitrogens with zero attached hydrogens (tertiary/aromatic N) is 4. The number of benzene rings is 1. The summed E-state index contributed by atoms with van der Waals surface area (Å²) in [7, 11) is 0. The lowest BCUT2D eigenvalue weighted by molar-refractivity contribution is -0.757. The van der Waals surface area contributed by atoms with E-state index in [-0.39, 0.29) is 12.5 Å². The first kappa shape index (κ1) is 26.4. The van der Waals surface area contributed by atoms with Gasteiger partial charge in [0.15, 0.2) is 0 Å². The van der Waals surface area contributed by atoms with Gasteiger partial charge in [0.2, 0.25) is 5.91 Å². The lowest BCUT2D eigenvalue weighted by Gasteiger charge is -2.34. The molecule has 0 unspecified atom stereocenters. The molecule has 1 fully saturated rings. The highest BCUT2D eigenvalue weighted by molar-refractivity contribution is 6.30. The maximum atomic E-state index is 12.0. The zero-order valence-electron chi connectivity index (χ0n) is 19.2. The molecular weight excluding hydrogens is 432 g/mol. The molecule has 2 rings (SSSR count). The van der Waals surface area contributed by atoms with Gasteiger partial charge in [0, 0.05) is 50.4 Å². The Hall–Kier alpha value is -1.90. The summed E-state index contributed by atoms with van der Waals surface area (Å²) < 4.78 is 0. The number of anilines is 1. The van der Waals surface area contributed by atoms with Gasteiger partial charge in [0.25, 0.3) is 5.09 Å². The standard InChI is InChI=1S/C23H37ClN4O4/c1-21(29)27(23-11-9-22(24)10-12-23)15-7-6-14-26-18-16-25(17-19-26)13-5-3-2-4-8-20-32-28(30)31/h9-12H,2-8,13-20H2,1H3. The van der Waals surface area contributed by atoms with E-state index < -0.39 is 5.09 Å². The van der Waals surface area contributed by atoms with E-state index in [1.807, 2.05) is 29.2 Å². The minimum atomic E-state index is -0.720. The van der Waals surface area contributed by atoms with Crippen molar-refractivity contribution in [2.45, 2.75) is 51.9 Å². The zero-order chi connectivity index (χ0) is 23.2. The van der Waals surface area contributed by atoms with E-state index in [9.17, 15) is 14.9 Å². The van der Waals surface area contributed by atoms with Crippen LogP contribution in [0.3, 0.4) is 0 Å². The van der Waals surface area contributed by atoms with E-state index in [1.54, 1.807) is 6.92 Å². The van der Waals surface area contributed by atoms with Crippen molar-refractivity contribution in [1.29, 1.82) is 0 Å². The Kier molecular flexibility index (Phi) is 12.4. The van der Waals surface area contributed by atoms with Crippen LogP contribution >= 0.6 is 11.6 Å². The van der Waals surface area contributed by atoms with Gasteiger partial charge in [-0.25, -0.2) is 0 Å². The van der Waals surface area contributed by atoms with Gasteiger partial charge in [-0.3, -0.25) is 4.79 Å². The van der Waals surface area contributed by atoms with Crippen LogP contribution in [0.1, 0.15) is 51.9 Å². The fourth-order valence-electron chi connectivity index (χ4n) is 4.04. The molecule has 0 aliphatic carbocycles. The molecule has 1 aromatic carbocycles. The summed E-state index contributed by atoms with van der Waals surface area (Å²) >= 11 is 5.95. The SMILES string of the molecule is CC(=O)N(CCCCN1CCN(CCCCCCCO[N+](=O)[O-])CC1)c1ccc(Cl)cc1. The molecular formula is C23H37ClN4O4. The molecule has 180 valence electrons. The molecule has 1 aliphatic rings. The summed E-state index contributed by atoms with van der Waals surface area (Å²) in [6, 6.07) is 7.43. The van der Waals surface area contributed by atoms with Crippen molar-refractivity contribution in [3.63, 3.8) is 0 Å². The lowest BCUT2D eigenvalue weighted by atomic mass is 10.1. The van der Waals surface area contributed by atoms with Crippen LogP contribution in [0.15, 0.2) is 24.3 Å². The van der Waals surface area contributed by atoms with Crippen LogP contribution in [0, 0.1) is 10.1 Å². The average molecular weight is 469 g/mol. The van der Waals surface area contributed by atoms with Crippen LogP contribution in [0.5, 0.6) is 0 Å². The first-order chi connectivity index (χ1) is 15.5. The molecule has 0 aromatic heterocycles. The maximum absolute atomic E-state index is 12.0. The Bertz CT molecular complexity index is 681. The molecule has 32 heavy (non-hydrogen) atoms. The Balaban J connectivity index is 1.51. The van der Waals surface area contributed by atoms with Crippen molar-refractivity contribution in [3.8, 4) is 0 Å². The molecule has 1 amide bonds. The molecule has 1 heterocycles.